The summed E-state index contributed by atoms with van der Waals surface area (Å²) >= 11 is 1.72. The van der Waals surface area contributed by atoms with Crippen LogP contribution in [0.3, 0.4) is 0 Å². The Morgan fingerprint density at radius 1 is 1.29 bits per heavy atom. The van der Waals surface area contributed by atoms with Crippen molar-refractivity contribution < 1.29 is 0 Å². The molecule has 0 amide bonds. The Kier molecular flexibility index (Phi) is 3.29. The Morgan fingerprint density at radius 2 is 2.18 bits per heavy atom. The van der Waals surface area contributed by atoms with Gasteiger partial charge in [-0.2, -0.15) is 0 Å². The average Bonchev–Trinajstić information content (AvgIpc) is 2.79. The summed E-state index contributed by atoms with van der Waals surface area (Å²) in [4.78, 5) is 2.45. The van der Waals surface area contributed by atoms with Gasteiger partial charge in [-0.3, -0.25) is 0 Å². The molecule has 94 valence electrons. The second-order valence-corrected chi connectivity index (χ2v) is 6.41. The number of hydrogen-bond acceptors (Lipinski definition) is 5. The minimum Gasteiger partial charge on any atom is -0.345 e. The number of hydrogen-bond donors (Lipinski definition) is 1. The van der Waals surface area contributed by atoms with Crippen LogP contribution in [0.1, 0.15) is 30.7 Å². The lowest BCUT2D eigenvalue weighted by atomic mass is 10.2. The van der Waals surface area contributed by atoms with E-state index in [1.165, 1.54) is 38.8 Å². The Labute approximate surface area is 106 Å². The highest BCUT2D eigenvalue weighted by atomic mass is 32.1. The summed E-state index contributed by atoms with van der Waals surface area (Å²) in [6.07, 6.45) is 5.41. The molecule has 2 aliphatic rings. The minimum atomic E-state index is 0.651. The fraction of sp³-hybridized carbons (Fsp3) is 0.833. The third-order valence-corrected chi connectivity index (χ3v) is 4.46. The SMILES string of the molecule is Cc1nnc(N(CC2CC2)CC2CCCN2)s1. The highest BCUT2D eigenvalue weighted by Crippen LogP contribution is 2.32. The number of aromatic nitrogens is 2. The number of aryl methyl sites for hydroxylation is 1. The monoisotopic (exact) mass is 252 g/mol. The topological polar surface area (TPSA) is 41.1 Å². The molecule has 17 heavy (non-hydrogen) atoms. The van der Waals surface area contributed by atoms with E-state index in [2.05, 4.69) is 20.4 Å². The van der Waals surface area contributed by atoms with E-state index < -0.39 is 0 Å². The van der Waals surface area contributed by atoms with Crippen molar-refractivity contribution in [3.63, 3.8) is 0 Å². The van der Waals surface area contributed by atoms with Crippen LogP contribution >= 0.6 is 11.3 Å². The Balaban J connectivity index is 1.66. The van der Waals surface area contributed by atoms with Crippen molar-refractivity contribution in [2.24, 2.45) is 5.92 Å². The molecular weight excluding hydrogens is 232 g/mol. The molecule has 4 nitrogen and oxygen atoms in total. The van der Waals surface area contributed by atoms with Crippen LogP contribution in [0.4, 0.5) is 5.13 Å². The zero-order valence-corrected chi connectivity index (χ0v) is 11.2. The summed E-state index contributed by atoms with van der Waals surface area (Å²) in [7, 11) is 0. The standard InChI is InChI=1S/C12H20N4S/c1-9-14-15-12(17-9)16(7-10-4-5-10)8-11-3-2-6-13-11/h10-11,13H,2-8H2,1H3. The fourth-order valence-electron chi connectivity index (χ4n) is 2.44. The van der Waals surface area contributed by atoms with Gasteiger partial charge in [0, 0.05) is 19.1 Å². The maximum atomic E-state index is 4.31. The molecule has 5 heteroatoms. The molecule has 3 rings (SSSR count). The van der Waals surface area contributed by atoms with E-state index in [9.17, 15) is 0 Å². The third-order valence-electron chi connectivity index (χ3n) is 3.56. The van der Waals surface area contributed by atoms with Gasteiger partial charge in [0.25, 0.3) is 0 Å². The summed E-state index contributed by atoms with van der Waals surface area (Å²) in [6, 6.07) is 0.651. The molecule has 2 fully saturated rings. The first-order valence-corrected chi connectivity index (χ1v) is 7.41. The first kappa shape index (κ1) is 11.4. The molecule has 1 saturated carbocycles. The van der Waals surface area contributed by atoms with Crippen LogP contribution in [-0.2, 0) is 0 Å². The van der Waals surface area contributed by atoms with E-state index in [4.69, 9.17) is 0 Å². The Hall–Kier alpha value is -0.680. The molecule has 1 atom stereocenters. The number of anilines is 1. The Bertz CT molecular complexity index is 368. The van der Waals surface area contributed by atoms with Crippen LogP contribution in [0.2, 0.25) is 0 Å². The average molecular weight is 252 g/mol. The number of nitrogens with zero attached hydrogens (tertiary/aromatic N) is 3. The molecule has 1 saturated heterocycles. The van der Waals surface area contributed by atoms with Crippen molar-refractivity contribution in [1.29, 1.82) is 0 Å². The van der Waals surface area contributed by atoms with Gasteiger partial charge >= 0.3 is 0 Å². The van der Waals surface area contributed by atoms with Gasteiger partial charge in [-0.1, -0.05) is 11.3 Å². The van der Waals surface area contributed by atoms with E-state index in [1.54, 1.807) is 11.3 Å². The van der Waals surface area contributed by atoms with E-state index >= 15 is 0 Å². The smallest absolute Gasteiger partial charge is 0.208 e. The molecule has 0 spiro atoms. The first-order valence-electron chi connectivity index (χ1n) is 6.59. The fourth-order valence-corrected chi connectivity index (χ4v) is 3.14. The maximum absolute atomic E-state index is 4.31. The molecular formula is C12H20N4S. The zero-order chi connectivity index (χ0) is 11.7. The van der Waals surface area contributed by atoms with Crippen molar-refractivity contribution in [3.8, 4) is 0 Å². The number of rotatable bonds is 5. The molecule has 1 unspecified atom stereocenters. The van der Waals surface area contributed by atoms with E-state index in [0.717, 1.165) is 22.6 Å². The van der Waals surface area contributed by atoms with Crippen LogP contribution in [-0.4, -0.2) is 35.9 Å². The first-order chi connectivity index (χ1) is 8.31. The molecule has 1 N–H and O–H groups in total. The zero-order valence-electron chi connectivity index (χ0n) is 10.4. The van der Waals surface area contributed by atoms with E-state index in [-0.39, 0.29) is 0 Å². The molecule has 0 aromatic carbocycles. The van der Waals surface area contributed by atoms with Gasteiger partial charge in [-0.15, -0.1) is 10.2 Å². The van der Waals surface area contributed by atoms with Crippen molar-refractivity contribution in [1.82, 2.24) is 15.5 Å². The quantitative estimate of drug-likeness (QED) is 0.868. The van der Waals surface area contributed by atoms with Crippen molar-refractivity contribution in [3.05, 3.63) is 5.01 Å². The van der Waals surface area contributed by atoms with Gasteiger partial charge < -0.3 is 10.2 Å². The third kappa shape index (κ3) is 2.96. The normalized spacial score (nSPS) is 24.2. The molecule has 1 aromatic heterocycles. The Morgan fingerprint density at radius 3 is 2.76 bits per heavy atom. The number of nitrogens with one attached hydrogen (secondary N) is 1. The highest BCUT2D eigenvalue weighted by Gasteiger charge is 2.28. The second-order valence-electron chi connectivity index (χ2n) is 5.25. The molecule has 1 aliphatic carbocycles. The maximum Gasteiger partial charge on any atom is 0.208 e. The molecule has 0 radical (unpaired) electrons. The largest absolute Gasteiger partial charge is 0.345 e. The van der Waals surface area contributed by atoms with Gasteiger partial charge in [0.2, 0.25) is 5.13 Å². The summed E-state index contributed by atoms with van der Waals surface area (Å²) in [5.41, 5.74) is 0. The predicted molar refractivity (Wildman–Crippen MR) is 70.6 cm³/mol. The minimum absolute atomic E-state index is 0.651. The summed E-state index contributed by atoms with van der Waals surface area (Å²) in [5, 5.41) is 14.2. The lowest BCUT2D eigenvalue weighted by Crippen LogP contribution is -2.38. The summed E-state index contributed by atoms with van der Waals surface area (Å²) < 4.78 is 0. The van der Waals surface area contributed by atoms with Gasteiger partial charge in [0.05, 0.1) is 0 Å². The van der Waals surface area contributed by atoms with Crippen LogP contribution in [0.5, 0.6) is 0 Å². The summed E-state index contributed by atoms with van der Waals surface area (Å²) in [6.45, 7) is 5.49. The van der Waals surface area contributed by atoms with E-state index in [0.29, 0.717) is 6.04 Å². The van der Waals surface area contributed by atoms with Crippen LogP contribution in [0.25, 0.3) is 0 Å². The van der Waals surface area contributed by atoms with E-state index in [1.807, 2.05) is 6.92 Å². The lowest BCUT2D eigenvalue weighted by Gasteiger charge is -2.24. The summed E-state index contributed by atoms with van der Waals surface area (Å²) in [5.74, 6) is 0.903. The molecule has 0 bridgehead atoms. The molecule has 2 heterocycles. The van der Waals surface area contributed by atoms with Gasteiger partial charge in [0.15, 0.2) is 0 Å². The predicted octanol–water partition coefficient (Wildman–Crippen LogP) is 1.81. The second kappa shape index (κ2) is 4.90. The van der Waals surface area contributed by atoms with Gasteiger partial charge in [-0.25, -0.2) is 0 Å². The molecule has 1 aliphatic heterocycles. The van der Waals surface area contributed by atoms with Gasteiger partial charge in [0.1, 0.15) is 5.01 Å². The lowest BCUT2D eigenvalue weighted by molar-refractivity contribution is 0.568. The highest BCUT2D eigenvalue weighted by molar-refractivity contribution is 7.15. The van der Waals surface area contributed by atoms with Crippen molar-refractivity contribution in [2.75, 3.05) is 24.5 Å². The molecule has 1 aromatic rings. The van der Waals surface area contributed by atoms with Crippen LogP contribution < -0.4 is 10.2 Å². The van der Waals surface area contributed by atoms with Crippen LogP contribution in [0.15, 0.2) is 0 Å². The van der Waals surface area contributed by atoms with Crippen molar-refractivity contribution in [2.45, 2.75) is 38.6 Å². The van der Waals surface area contributed by atoms with Crippen molar-refractivity contribution >= 4 is 16.5 Å². The van der Waals surface area contributed by atoms with Crippen LogP contribution in [0, 0.1) is 12.8 Å². The van der Waals surface area contributed by atoms with Gasteiger partial charge in [-0.05, 0) is 45.1 Å².